The summed E-state index contributed by atoms with van der Waals surface area (Å²) in [7, 11) is 3.75. The summed E-state index contributed by atoms with van der Waals surface area (Å²) in [5.74, 6) is 0.778. The summed E-state index contributed by atoms with van der Waals surface area (Å²) in [6.45, 7) is 0. The van der Waals surface area contributed by atoms with Gasteiger partial charge in [-0.15, -0.1) is 0 Å². The lowest BCUT2D eigenvalue weighted by atomic mass is 10.2. The number of hydrogen-bond acceptors (Lipinski definition) is 3. The number of rotatable bonds is 2. The fourth-order valence-electron chi connectivity index (χ4n) is 1.24. The van der Waals surface area contributed by atoms with Gasteiger partial charge >= 0.3 is 0 Å². The molecule has 0 aliphatic heterocycles. The van der Waals surface area contributed by atoms with E-state index in [-0.39, 0.29) is 0 Å². The van der Waals surface area contributed by atoms with Crippen LogP contribution in [0.2, 0.25) is 0 Å². The quantitative estimate of drug-likeness (QED) is 0.534. The van der Waals surface area contributed by atoms with Crippen molar-refractivity contribution in [3.05, 3.63) is 36.1 Å². The maximum atomic E-state index is 5.54. The molecule has 0 saturated carbocycles. The van der Waals surface area contributed by atoms with Crippen LogP contribution in [0.4, 0.5) is 0 Å². The van der Waals surface area contributed by atoms with E-state index in [0.717, 1.165) is 16.7 Å². The van der Waals surface area contributed by atoms with E-state index in [4.69, 9.17) is 4.42 Å². The van der Waals surface area contributed by atoms with Gasteiger partial charge in [0.1, 0.15) is 11.3 Å². The Kier molecular flexibility index (Phi) is 2.23. The molecule has 14 heavy (non-hydrogen) atoms. The van der Waals surface area contributed by atoms with Crippen LogP contribution in [-0.4, -0.2) is 25.3 Å². The smallest absolute Gasteiger partial charge is 0.148 e. The second kappa shape index (κ2) is 3.54. The Morgan fingerprint density at radius 2 is 2.07 bits per heavy atom. The summed E-state index contributed by atoms with van der Waals surface area (Å²) >= 11 is 0. The number of furan rings is 1. The lowest BCUT2D eigenvalue weighted by Gasteiger charge is -2.00. The SMILES string of the molecule is CN(C)/N=C/c1cc2ccccc2o1. The molecule has 0 unspecified atom stereocenters. The zero-order chi connectivity index (χ0) is 9.97. The molecule has 0 N–H and O–H groups in total. The first-order chi connectivity index (χ1) is 6.75. The van der Waals surface area contributed by atoms with Crippen molar-refractivity contribution in [3.63, 3.8) is 0 Å². The van der Waals surface area contributed by atoms with Crippen LogP contribution in [-0.2, 0) is 0 Å². The average Bonchev–Trinajstić information content (AvgIpc) is 2.57. The molecule has 0 atom stereocenters. The van der Waals surface area contributed by atoms with Crippen molar-refractivity contribution in [2.24, 2.45) is 5.10 Å². The zero-order valence-electron chi connectivity index (χ0n) is 8.27. The molecule has 0 aliphatic rings. The number of hydrogen-bond donors (Lipinski definition) is 0. The molecule has 2 aromatic rings. The number of nitrogens with zero attached hydrogens (tertiary/aromatic N) is 2. The summed E-state index contributed by atoms with van der Waals surface area (Å²) in [6.07, 6.45) is 1.71. The monoisotopic (exact) mass is 188 g/mol. The standard InChI is InChI=1S/C11H12N2O/c1-13(2)12-8-10-7-9-5-3-4-6-11(9)14-10/h3-8H,1-2H3/b12-8+. The molecular weight excluding hydrogens is 176 g/mol. The molecule has 0 saturated heterocycles. The molecule has 0 aliphatic carbocycles. The largest absolute Gasteiger partial charge is 0.455 e. The van der Waals surface area contributed by atoms with Gasteiger partial charge in [-0.05, 0) is 12.1 Å². The van der Waals surface area contributed by atoms with Crippen molar-refractivity contribution in [1.29, 1.82) is 0 Å². The number of hydrazone groups is 1. The molecule has 1 heterocycles. The molecule has 0 spiro atoms. The Morgan fingerprint density at radius 1 is 1.29 bits per heavy atom. The Labute approximate surface area is 82.6 Å². The van der Waals surface area contributed by atoms with Gasteiger partial charge in [0, 0.05) is 19.5 Å². The van der Waals surface area contributed by atoms with Gasteiger partial charge in [-0.1, -0.05) is 18.2 Å². The molecule has 3 nitrogen and oxygen atoms in total. The van der Waals surface area contributed by atoms with Crippen molar-refractivity contribution in [3.8, 4) is 0 Å². The van der Waals surface area contributed by atoms with Crippen molar-refractivity contribution >= 4 is 17.2 Å². The molecular formula is C11H12N2O. The first-order valence-corrected chi connectivity index (χ1v) is 4.45. The highest BCUT2D eigenvalue weighted by atomic mass is 16.3. The molecule has 0 fully saturated rings. The van der Waals surface area contributed by atoms with E-state index in [2.05, 4.69) is 5.10 Å². The molecule has 0 radical (unpaired) electrons. The first-order valence-electron chi connectivity index (χ1n) is 4.45. The summed E-state index contributed by atoms with van der Waals surface area (Å²) in [6, 6.07) is 9.89. The molecule has 0 bridgehead atoms. The Balaban J connectivity index is 2.36. The fourth-order valence-corrected chi connectivity index (χ4v) is 1.24. The molecule has 0 amide bonds. The highest BCUT2D eigenvalue weighted by Crippen LogP contribution is 2.17. The summed E-state index contributed by atoms with van der Waals surface area (Å²) in [5, 5.41) is 6.94. The van der Waals surface area contributed by atoms with Crippen LogP contribution < -0.4 is 0 Å². The van der Waals surface area contributed by atoms with E-state index in [0.29, 0.717) is 0 Å². The minimum absolute atomic E-state index is 0.778. The molecule has 2 rings (SSSR count). The molecule has 1 aromatic heterocycles. The van der Waals surface area contributed by atoms with Crippen LogP contribution in [0.5, 0.6) is 0 Å². The van der Waals surface area contributed by atoms with Gasteiger partial charge in [-0.3, -0.25) is 0 Å². The van der Waals surface area contributed by atoms with E-state index in [9.17, 15) is 0 Å². The van der Waals surface area contributed by atoms with E-state index in [1.54, 1.807) is 11.2 Å². The van der Waals surface area contributed by atoms with E-state index < -0.39 is 0 Å². The lowest BCUT2D eigenvalue weighted by Crippen LogP contribution is -2.01. The van der Waals surface area contributed by atoms with Gasteiger partial charge in [-0.2, -0.15) is 5.10 Å². The van der Waals surface area contributed by atoms with Crippen LogP contribution in [0.25, 0.3) is 11.0 Å². The van der Waals surface area contributed by atoms with Crippen LogP contribution in [0.15, 0.2) is 39.9 Å². The van der Waals surface area contributed by atoms with Crippen LogP contribution in [0, 0.1) is 0 Å². The third-order valence-corrected chi connectivity index (χ3v) is 1.86. The van der Waals surface area contributed by atoms with Crippen LogP contribution in [0.3, 0.4) is 0 Å². The molecule has 72 valence electrons. The van der Waals surface area contributed by atoms with Crippen molar-refractivity contribution in [1.82, 2.24) is 5.01 Å². The Bertz CT molecular complexity index is 424. The predicted octanol–water partition coefficient (Wildman–Crippen LogP) is 2.33. The molecule has 1 aromatic carbocycles. The van der Waals surface area contributed by atoms with Crippen molar-refractivity contribution in [2.75, 3.05) is 14.1 Å². The molecule has 3 heteroatoms. The topological polar surface area (TPSA) is 28.7 Å². The summed E-state index contributed by atoms with van der Waals surface area (Å²) in [5.41, 5.74) is 0.896. The van der Waals surface area contributed by atoms with Gasteiger partial charge in [0.15, 0.2) is 0 Å². The van der Waals surface area contributed by atoms with Gasteiger partial charge in [0.25, 0.3) is 0 Å². The highest BCUT2D eigenvalue weighted by molar-refractivity contribution is 5.86. The van der Waals surface area contributed by atoms with Crippen molar-refractivity contribution < 1.29 is 4.42 Å². The number of fused-ring (bicyclic) bond motifs is 1. The number of benzene rings is 1. The maximum absolute atomic E-state index is 5.54. The second-order valence-corrected chi connectivity index (χ2v) is 3.28. The number of para-hydroxylation sites is 1. The van der Waals surface area contributed by atoms with Crippen LogP contribution >= 0.6 is 0 Å². The zero-order valence-corrected chi connectivity index (χ0v) is 8.27. The summed E-state index contributed by atoms with van der Waals surface area (Å²) < 4.78 is 5.54. The van der Waals surface area contributed by atoms with Crippen LogP contribution in [0.1, 0.15) is 5.76 Å². The average molecular weight is 188 g/mol. The van der Waals surface area contributed by atoms with E-state index in [1.165, 1.54) is 0 Å². The lowest BCUT2D eigenvalue weighted by molar-refractivity contribution is 0.438. The summed E-state index contributed by atoms with van der Waals surface area (Å²) in [4.78, 5) is 0. The predicted molar refractivity (Wildman–Crippen MR) is 57.5 cm³/mol. The fraction of sp³-hybridized carbons (Fsp3) is 0.182. The van der Waals surface area contributed by atoms with E-state index in [1.807, 2.05) is 44.4 Å². The minimum atomic E-state index is 0.778. The van der Waals surface area contributed by atoms with Gasteiger partial charge in [-0.25, -0.2) is 0 Å². The Hall–Kier alpha value is -1.77. The van der Waals surface area contributed by atoms with Gasteiger partial charge in [0.2, 0.25) is 0 Å². The van der Waals surface area contributed by atoms with E-state index >= 15 is 0 Å². The van der Waals surface area contributed by atoms with Gasteiger partial charge < -0.3 is 9.43 Å². The third kappa shape index (κ3) is 1.76. The third-order valence-electron chi connectivity index (χ3n) is 1.86. The van der Waals surface area contributed by atoms with Crippen molar-refractivity contribution in [2.45, 2.75) is 0 Å². The van der Waals surface area contributed by atoms with Gasteiger partial charge in [0.05, 0.1) is 6.21 Å². The minimum Gasteiger partial charge on any atom is -0.455 e. The highest BCUT2D eigenvalue weighted by Gasteiger charge is 1.99. The Morgan fingerprint density at radius 3 is 2.79 bits per heavy atom. The first kappa shape index (κ1) is 8.81. The second-order valence-electron chi connectivity index (χ2n) is 3.28. The normalized spacial score (nSPS) is 11.3. The maximum Gasteiger partial charge on any atom is 0.148 e.